The van der Waals surface area contributed by atoms with Crippen LogP contribution >= 0.6 is 11.3 Å². The van der Waals surface area contributed by atoms with Gasteiger partial charge in [-0.3, -0.25) is 0 Å². The highest BCUT2D eigenvalue weighted by Crippen LogP contribution is 2.34. The highest BCUT2D eigenvalue weighted by atomic mass is 32.1. The number of rotatable bonds is 6. The number of hydrogen-bond acceptors (Lipinski definition) is 9. The monoisotopic (exact) mass is 375 g/mol. The van der Waals surface area contributed by atoms with E-state index in [0.29, 0.717) is 41.2 Å². The highest BCUT2D eigenvalue weighted by Gasteiger charge is 2.20. The van der Waals surface area contributed by atoms with E-state index in [4.69, 9.17) is 9.26 Å². The van der Waals surface area contributed by atoms with Gasteiger partial charge in [0.05, 0.1) is 12.5 Å². The van der Waals surface area contributed by atoms with E-state index in [0.717, 1.165) is 15.8 Å². The van der Waals surface area contributed by atoms with Crippen molar-refractivity contribution in [3.63, 3.8) is 0 Å². The Morgan fingerprint density at radius 2 is 2.04 bits per heavy atom. The van der Waals surface area contributed by atoms with E-state index in [1.165, 1.54) is 18.4 Å². The zero-order valence-electron chi connectivity index (χ0n) is 15.4. The van der Waals surface area contributed by atoms with Gasteiger partial charge in [-0.15, -0.1) is 11.3 Å². The number of ether oxygens (including phenoxy) is 1. The number of thiophene rings is 1. The molecule has 0 amide bonds. The molecule has 0 radical (unpaired) electrons. The second-order valence-electron chi connectivity index (χ2n) is 6.23. The number of anilines is 1. The molecule has 0 saturated heterocycles. The van der Waals surface area contributed by atoms with Crippen molar-refractivity contribution >= 4 is 33.3 Å². The van der Waals surface area contributed by atoms with Gasteiger partial charge in [-0.2, -0.15) is 4.98 Å². The normalized spacial score (nSPS) is 11.3. The van der Waals surface area contributed by atoms with Crippen LogP contribution in [0.3, 0.4) is 0 Å². The van der Waals surface area contributed by atoms with E-state index < -0.39 is 0 Å². The molecule has 0 aromatic carbocycles. The van der Waals surface area contributed by atoms with Crippen LogP contribution in [0.5, 0.6) is 0 Å². The number of hydrogen-bond donors (Lipinski definition) is 1. The van der Waals surface area contributed by atoms with Crippen molar-refractivity contribution in [1.29, 1.82) is 0 Å². The first-order valence-corrected chi connectivity index (χ1v) is 9.14. The molecule has 138 valence electrons. The molecule has 0 unspecified atom stereocenters. The topological polar surface area (TPSA) is 103 Å². The van der Waals surface area contributed by atoms with Crippen LogP contribution in [0.25, 0.3) is 10.2 Å². The molecule has 0 fully saturated rings. The SMILES string of the molecule is COC(=O)c1sc2nc(C)nc(NCCc3nc(C(C)C)no3)c2c1C. The minimum atomic E-state index is -0.360. The summed E-state index contributed by atoms with van der Waals surface area (Å²) in [5, 5.41) is 8.11. The Morgan fingerprint density at radius 3 is 2.69 bits per heavy atom. The fraction of sp³-hybridized carbons (Fsp3) is 0.471. The van der Waals surface area contributed by atoms with E-state index in [1.807, 2.05) is 27.7 Å². The standard InChI is InChI=1S/C17H21N5O3S/c1-8(2)14-21-11(25-22-14)6-7-18-15-12-9(3)13(17(23)24-5)26-16(12)20-10(4)19-15/h8H,6-7H2,1-5H3,(H,18,19,20). The fourth-order valence-corrected chi connectivity index (χ4v) is 3.70. The number of nitrogens with zero attached hydrogens (tertiary/aromatic N) is 4. The molecule has 0 aliphatic rings. The predicted octanol–water partition coefficient (Wildman–Crippen LogP) is 3.26. The number of carbonyl (C=O) groups is 1. The first-order valence-electron chi connectivity index (χ1n) is 8.33. The number of fused-ring (bicyclic) bond motifs is 1. The highest BCUT2D eigenvalue weighted by molar-refractivity contribution is 7.20. The molecule has 9 heteroatoms. The van der Waals surface area contributed by atoms with E-state index in [9.17, 15) is 4.79 Å². The van der Waals surface area contributed by atoms with Gasteiger partial charge in [-0.1, -0.05) is 19.0 Å². The third-order valence-electron chi connectivity index (χ3n) is 3.90. The lowest BCUT2D eigenvalue weighted by Crippen LogP contribution is -2.08. The molecule has 3 aromatic heterocycles. The smallest absolute Gasteiger partial charge is 0.348 e. The van der Waals surface area contributed by atoms with Gasteiger partial charge in [0, 0.05) is 18.9 Å². The van der Waals surface area contributed by atoms with Gasteiger partial charge >= 0.3 is 5.97 Å². The molecule has 0 atom stereocenters. The van der Waals surface area contributed by atoms with Crippen LogP contribution in [0.15, 0.2) is 4.52 Å². The quantitative estimate of drug-likeness (QED) is 0.655. The molecule has 8 nitrogen and oxygen atoms in total. The molecule has 0 aliphatic carbocycles. The van der Waals surface area contributed by atoms with Crippen LogP contribution in [-0.4, -0.2) is 39.7 Å². The maximum Gasteiger partial charge on any atom is 0.348 e. The lowest BCUT2D eigenvalue weighted by Gasteiger charge is -2.07. The Hall–Kier alpha value is -2.55. The summed E-state index contributed by atoms with van der Waals surface area (Å²) in [4.78, 5) is 26.6. The minimum absolute atomic E-state index is 0.231. The van der Waals surface area contributed by atoms with Crippen LogP contribution in [0, 0.1) is 13.8 Å². The van der Waals surface area contributed by atoms with Gasteiger partial charge in [0.1, 0.15) is 21.3 Å². The number of carbonyl (C=O) groups excluding carboxylic acids is 1. The molecule has 3 heterocycles. The van der Waals surface area contributed by atoms with Crippen molar-refractivity contribution in [2.75, 3.05) is 19.0 Å². The summed E-state index contributed by atoms with van der Waals surface area (Å²) in [6.45, 7) is 8.32. The average Bonchev–Trinajstić information content (AvgIpc) is 3.19. The van der Waals surface area contributed by atoms with Gasteiger partial charge in [0.2, 0.25) is 5.89 Å². The van der Waals surface area contributed by atoms with Crippen LogP contribution in [0.1, 0.15) is 52.5 Å². The van der Waals surface area contributed by atoms with Gasteiger partial charge in [-0.25, -0.2) is 14.8 Å². The lowest BCUT2D eigenvalue weighted by atomic mass is 10.2. The van der Waals surface area contributed by atoms with E-state index in [-0.39, 0.29) is 11.9 Å². The Bertz CT molecular complexity index is 947. The molecule has 0 bridgehead atoms. The third kappa shape index (κ3) is 3.52. The van der Waals surface area contributed by atoms with Crippen LogP contribution in [0.4, 0.5) is 5.82 Å². The van der Waals surface area contributed by atoms with E-state index in [1.54, 1.807) is 0 Å². The number of nitrogens with one attached hydrogen (secondary N) is 1. The summed E-state index contributed by atoms with van der Waals surface area (Å²) in [6, 6.07) is 0. The Labute approximate surface area is 155 Å². The molecule has 3 rings (SSSR count). The van der Waals surface area contributed by atoms with Gasteiger partial charge in [-0.05, 0) is 19.4 Å². The molecule has 0 aliphatic heterocycles. The van der Waals surface area contributed by atoms with Gasteiger partial charge in [0.25, 0.3) is 0 Å². The summed E-state index contributed by atoms with van der Waals surface area (Å²) < 4.78 is 10.1. The maximum absolute atomic E-state index is 11.9. The Morgan fingerprint density at radius 1 is 1.27 bits per heavy atom. The van der Waals surface area contributed by atoms with Crippen molar-refractivity contribution < 1.29 is 14.1 Å². The fourth-order valence-electron chi connectivity index (χ4n) is 2.55. The first kappa shape index (κ1) is 18.2. The number of esters is 1. The summed E-state index contributed by atoms with van der Waals surface area (Å²) in [5.41, 5.74) is 0.819. The zero-order valence-corrected chi connectivity index (χ0v) is 16.2. The van der Waals surface area contributed by atoms with Crippen molar-refractivity contribution in [1.82, 2.24) is 20.1 Å². The maximum atomic E-state index is 11.9. The Kier molecular flexibility index (Phi) is 5.17. The molecule has 3 aromatic rings. The number of aryl methyl sites for hydroxylation is 2. The van der Waals surface area contributed by atoms with Crippen LogP contribution < -0.4 is 5.32 Å². The number of aromatic nitrogens is 4. The second-order valence-corrected chi connectivity index (χ2v) is 7.22. The first-order chi connectivity index (χ1) is 12.4. The molecule has 0 spiro atoms. The lowest BCUT2D eigenvalue weighted by molar-refractivity contribution is 0.0605. The van der Waals surface area contributed by atoms with Gasteiger partial charge in [0.15, 0.2) is 5.82 Å². The molecule has 1 N–H and O–H groups in total. The summed E-state index contributed by atoms with van der Waals surface area (Å²) in [5.74, 6) is 2.49. The average molecular weight is 375 g/mol. The predicted molar refractivity (Wildman–Crippen MR) is 98.8 cm³/mol. The zero-order chi connectivity index (χ0) is 18.8. The van der Waals surface area contributed by atoms with Crippen molar-refractivity contribution in [3.05, 3.63) is 28.0 Å². The van der Waals surface area contributed by atoms with Crippen molar-refractivity contribution in [2.24, 2.45) is 0 Å². The largest absolute Gasteiger partial charge is 0.465 e. The molecule has 26 heavy (non-hydrogen) atoms. The Balaban J connectivity index is 1.82. The van der Waals surface area contributed by atoms with Crippen LogP contribution in [-0.2, 0) is 11.2 Å². The van der Waals surface area contributed by atoms with Gasteiger partial charge < -0.3 is 14.6 Å². The van der Waals surface area contributed by atoms with Crippen molar-refractivity contribution in [3.8, 4) is 0 Å². The van der Waals surface area contributed by atoms with Crippen molar-refractivity contribution in [2.45, 2.75) is 40.0 Å². The summed E-state index contributed by atoms with van der Waals surface area (Å²) in [7, 11) is 1.37. The summed E-state index contributed by atoms with van der Waals surface area (Å²) >= 11 is 1.31. The third-order valence-corrected chi connectivity index (χ3v) is 5.07. The second kappa shape index (κ2) is 7.36. The molecular formula is C17H21N5O3S. The van der Waals surface area contributed by atoms with Crippen LogP contribution in [0.2, 0.25) is 0 Å². The minimum Gasteiger partial charge on any atom is -0.465 e. The van der Waals surface area contributed by atoms with E-state index >= 15 is 0 Å². The van der Waals surface area contributed by atoms with E-state index in [2.05, 4.69) is 25.4 Å². The summed E-state index contributed by atoms with van der Waals surface area (Å²) in [6.07, 6.45) is 0.581. The molecule has 0 saturated carbocycles. The number of methoxy groups -OCH3 is 1. The molecular weight excluding hydrogens is 354 g/mol.